The van der Waals surface area contributed by atoms with E-state index in [-0.39, 0.29) is 11.0 Å². The SMILES string of the molecule is Cc1ccc(N(C)C2=C(C34C=CC=C(N(C5=CC6CC6C=C5)c5ccccc5)C3C4)C3CC3(N(C3=CC=CCCC3)c3ccccc3)C=C2)cc1C. The van der Waals surface area contributed by atoms with Crippen LogP contribution >= 0.6 is 0 Å². The molecule has 6 atom stereocenters. The second-order valence-electron chi connectivity index (χ2n) is 16.3. The molecule has 0 radical (unpaired) electrons. The quantitative estimate of drug-likeness (QED) is 0.223. The topological polar surface area (TPSA) is 9.72 Å². The number of anilines is 3. The van der Waals surface area contributed by atoms with Crippen LogP contribution in [-0.4, -0.2) is 12.6 Å². The fourth-order valence-corrected chi connectivity index (χ4v) is 9.95. The number of rotatable bonds is 9. The van der Waals surface area contributed by atoms with Gasteiger partial charge in [0.2, 0.25) is 0 Å². The molecule has 0 spiro atoms. The van der Waals surface area contributed by atoms with Crippen molar-refractivity contribution in [2.24, 2.45) is 29.1 Å². The van der Waals surface area contributed by atoms with Gasteiger partial charge in [0.1, 0.15) is 0 Å². The van der Waals surface area contributed by atoms with Gasteiger partial charge in [-0.2, -0.15) is 0 Å². The third-order valence-corrected chi connectivity index (χ3v) is 13.2. The summed E-state index contributed by atoms with van der Waals surface area (Å²) in [5, 5.41) is 0. The lowest BCUT2D eigenvalue weighted by Crippen LogP contribution is -2.40. The van der Waals surface area contributed by atoms with Crippen LogP contribution in [0.3, 0.4) is 0 Å². The van der Waals surface area contributed by atoms with E-state index in [1.54, 1.807) is 5.57 Å². The van der Waals surface area contributed by atoms with E-state index in [4.69, 9.17) is 0 Å². The van der Waals surface area contributed by atoms with E-state index < -0.39 is 0 Å². The molecule has 3 heteroatoms. The third kappa shape index (κ3) is 5.07. The van der Waals surface area contributed by atoms with Crippen molar-refractivity contribution in [3.05, 3.63) is 185 Å². The summed E-state index contributed by atoms with van der Waals surface area (Å²) in [6.45, 7) is 4.45. The third-order valence-electron chi connectivity index (χ3n) is 13.2. The number of aryl methyl sites for hydroxylation is 2. The summed E-state index contributed by atoms with van der Waals surface area (Å²) in [5.41, 5.74) is 13.6. The molecule has 0 heterocycles. The summed E-state index contributed by atoms with van der Waals surface area (Å²) in [6.07, 6.45) is 33.8. The van der Waals surface area contributed by atoms with Gasteiger partial charge in [-0.05, 0) is 142 Å². The summed E-state index contributed by atoms with van der Waals surface area (Å²) in [7, 11) is 2.30. The molecule has 0 aliphatic heterocycles. The van der Waals surface area contributed by atoms with Crippen molar-refractivity contribution in [2.75, 3.05) is 21.7 Å². The van der Waals surface area contributed by atoms with Gasteiger partial charge in [0.05, 0.1) is 5.54 Å². The zero-order valence-electron chi connectivity index (χ0n) is 30.8. The van der Waals surface area contributed by atoms with Crippen molar-refractivity contribution in [3.8, 4) is 0 Å². The summed E-state index contributed by atoms with van der Waals surface area (Å²) in [6, 6.07) is 29.3. The maximum absolute atomic E-state index is 2.73. The lowest BCUT2D eigenvalue weighted by Gasteiger charge is -2.40. The molecule has 6 unspecified atom stereocenters. The van der Waals surface area contributed by atoms with Crippen LogP contribution in [-0.2, 0) is 0 Å². The van der Waals surface area contributed by atoms with E-state index >= 15 is 0 Å². The van der Waals surface area contributed by atoms with Crippen LogP contribution in [0, 0.1) is 42.9 Å². The van der Waals surface area contributed by atoms with Gasteiger partial charge in [0.15, 0.2) is 0 Å². The number of benzene rings is 3. The highest BCUT2D eigenvalue weighted by molar-refractivity contribution is 5.71. The molecular weight excluding hydrogens is 631 g/mol. The van der Waals surface area contributed by atoms with Gasteiger partial charge in [-0.15, -0.1) is 0 Å². The smallest absolute Gasteiger partial charge is 0.0708 e. The van der Waals surface area contributed by atoms with Gasteiger partial charge < -0.3 is 14.7 Å². The highest BCUT2D eigenvalue weighted by Crippen LogP contribution is 2.73. The Kier molecular flexibility index (Phi) is 7.33. The van der Waals surface area contributed by atoms with Gasteiger partial charge in [-0.3, -0.25) is 0 Å². The van der Waals surface area contributed by atoms with E-state index in [0.717, 1.165) is 31.6 Å². The standard InChI is InChI=1S/C49H49N3/c1-34-22-24-41(29-35(34)2)50(3)46-26-28-49(52(40-19-12-7-13-20-40)39-17-8-4-5-9-18-39)33-44(49)47(46)48-27-14-21-45(43(48)32-48)51(38-15-10-6-11-16-38)42-25-23-36-30-37(36)31-42/h4,6-8,10-17,19-29,31,36-37,43-44H,5,9,18,30,32-33H2,1-3H3. The molecule has 3 fully saturated rings. The zero-order chi connectivity index (χ0) is 35.0. The molecule has 3 aromatic carbocycles. The molecule has 0 N–H and O–H groups in total. The molecule has 0 bridgehead atoms. The Hall–Kier alpha value is -5.02. The van der Waals surface area contributed by atoms with Gasteiger partial charge in [-0.1, -0.05) is 85.0 Å². The lowest BCUT2D eigenvalue weighted by molar-refractivity contribution is 0.584. The predicted molar refractivity (Wildman–Crippen MR) is 217 cm³/mol. The fraction of sp³-hybridized carbons (Fsp3) is 0.306. The minimum absolute atomic E-state index is 0.0290. The highest BCUT2D eigenvalue weighted by Gasteiger charge is 2.69. The zero-order valence-corrected chi connectivity index (χ0v) is 30.8. The van der Waals surface area contributed by atoms with E-state index in [2.05, 4.69) is 181 Å². The number of likely N-dealkylation sites (N-methyl/N-ethyl adjacent to an activating group) is 1. The number of para-hydroxylation sites is 2. The minimum Gasteiger partial charge on any atom is -0.345 e. The van der Waals surface area contributed by atoms with Crippen LogP contribution in [0.4, 0.5) is 17.1 Å². The van der Waals surface area contributed by atoms with Gasteiger partial charge in [0.25, 0.3) is 0 Å². The van der Waals surface area contributed by atoms with Crippen molar-refractivity contribution in [2.45, 2.75) is 57.9 Å². The van der Waals surface area contributed by atoms with Gasteiger partial charge in [-0.25, -0.2) is 0 Å². The first-order valence-corrected chi connectivity index (χ1v) is 19.6. The van der Waals surface area contributed by atoms with Crippen LogP contribution in [0.25, 0.3) is 0 Å². The van der Waals surface area contributed by atoms with Crippen LogP contribution in [0.1, 0.15) is 49.7 Å². The molecule has 3 nitrogen and oxygen atoms in total. The van der Waals surface area contributed by atoms with Crippen LogP contribution in [0.15, 0.2) is 174 Å². The Labute approximate surface area is 310 Å². The van der Waals surface area contributed by atoms with Crippen molar-refractivity contribution >= 4 is 17.1 Å². The second kappa shape index (κ2) is 12.0. The highest BCUT2D eigenvalue weighted by atomic mass is 15.3. The monoisotopic (exact) mass is 679 g/mol. The summed E-state index contributed by atoms with van der Waals surface area (Å²) < 4.78 is 0. The Morgan fingerprint density at radius 1 is 0.731 bits per heavy atom. The number of fused-ring (bicyclic) bond motifs is 3. The maximum Gasteiger partial charge on any atom is 0.0708 e. The molecule has 0 saturated heterocycles. The fourth-order valence-electron chi connectivity index (χ4n) is 9.95. The average molecular weight is 680 g/mol. The molecule has 3 saturated carbocycles. The largest absolute Gasteiger partial charge is 0.345 e. The number of hydrogen-bond acceptors (Lipinski definition) is 3. The molecule has 7 aliphatic carbocycles. The van der Waals surface area contributed by atoms with Crippen molar-refractivity contribution in [3.63, 3.8) is 0 Å². The number of allylic oxidation sites excluding steroid dienone is 12. The predicted octanol–water partition coefficient (Wildman–Crippen LogP) is 11.5. The first kappa shape index (κ1) is 31.7. The first-order chi connectivity index (χ1) is 25.5. The molecule has 260 valence electrons. The second-order valence-corrected chi connectivity index (χ2v) is 16.3. The molecule has 52 heavy (non-hydrogen) atoms. The molecule has 7 aliphatic rings. The molecule has 10 rings (SSSR count). The average Bonchev–Trinajstić information content (AvgIpc) is 4.06. The van der Waals surface area contributed by atoms with E-state index in [0.29, 0.717) is 17.8 Å². The van der Waals surface area contributed by atoms with E-state index in [1.807, 2.05) is 0 Å². The van der Waals surface area contributed by atoms with Crippen LogP contribution in [0.2, 0.25) is 0 Å². The van der Waals surface area contributed by atoms with Crippen molar-refractivity contribution in [1.82, 2.24) is 0 Å². The minimum atomic E-state index is -0.0833. The Morgan fingerprint density at radius 2 is 1.54 bits per heavy atom. The number of hydrogen-bond donors (Lipinski definition) is 0. The summed E-state index contributed by atoms with van der Waals surface area (Å²) in [5.74, 6) is 2.24. The summed E-state index contributed by atoms with van der Waals surface area (Å²) in [4.78, 5) is 7.81. The Morgan fingerprint density at radius 3 is 2.33 bits per heavy atom. The molecular formula is C49H49N3. The van der Waals surface area contributed by atoms with Crippen molar-refractivity contribution in [1.29, 1.82) is 0 Å². The summed E-state index contributed by atoms with van der Waals surface area (Å²) >= 11 is 0. The van der Waals surface area contributed by atoms with Crippen LogP contribution < -0.4 is 14.7 Å². The lowest BCUT2D eigenvalue weighted by atomic mass is 9.80. The maximum atomic E-state index is 2.73. The van der Waals surface area contributed by atoms with E-state index in [1.165, 1.54) is 63.8 Å². The Bertz CT molecular complexity index is 2180. The number of nitrogens with zero attached hydrogens (tertiary/aromatic N) is 3. The van der Waals surface area contributed by atoms with Crippen molar-refractivity contribution < 1.29 is 0 Å². The van der Waals surface area contributed by atoms with E-state index in [9.17, 15) is 0 Å². The van der Waals surface area contributed by atoms with Gasteiger partial charge in [0, 0.05) is 64.1 Å². The Balaban J connectivity index is 1.09. The first-order valence-electron chi connectivity index (χ1n) is 19.6. The molecule has 0 amide bonds. The van der Waals surface area contributed by atoms with Crippen LogP contribution in [0.5, 0.6) is 0 Å². The van der Waals surface area contributed by atoms with Gasteiger partial charge >= 0.3 is 0 Å². The normalized spacial score (nSPS) is 30.2. The molecule has 0 aromatic heterocycles. The molecule has 3 aromatic rings.